The predicted octanol–water partition coefficient (Wildman–Crippen LogP) is 10.7. The molecular weight excluding hydrogens is 1640 g/mol. The van der Waals surface area contributed by atoms with Crippen LogP contribution in [0.15, 0.2) is 236 Å². The van der Waals surface area contributed by atoms with Crippen molar-refractivity contribution in [2.75, 3.05) is 83.5 Å². The van der Waals surface area contributed by atoms with E-state index in [1.54, 1.807) is 208 Å². The zero-order chi connectivity index (χ0) is 92.4. The van der Waals surface area contributed by atoms with Crippen molar-refractivity contribution in [3.05, 3.63) is 308 Å². The molecule has 30 heteroatoms. The quantitative estimate of drug-likeness (QED) is 0.0203. The minimum absolute atomic E-state index is 0.0598. The SMILES string of the molecule is C=C(C)/C=C/c1ccc2c(c1O)[C@](O)(c1ccc(OC)cc1)[C@@H](OC)C(=O)N2.COc1ccc([C@@]2(O)c3c(ccc(/C=C/C(C)=O)c3O)NC(=O)[C@@H]2OC)cc1.COc1ccc([C@]2(O)c3c(O)cccc3NC(=O)[C@H]2O)cc1.COc1ccc([C@]2(O)c3c(ccc(CC=C(C)C)c3O)NC(=O)[C@@H]2OC)cc1.COc1ccc([C@]2(O)c3ccccc3NC(=O)[C@H]2O)cc1. The first kappa shape index (κ1) is 93.7. The average Bonchev–Trinajstić information content (AvgIpc) is 0.737. The van der Waals surface area contributed by atoms with Crippen molar-refractivity contribution >= 4 is 75.9 Å². The summed E-state index contributed by atoms with van der Waals surface area (Å²) < 4.78 is 41.7. The van der Waals surface area contributed by atoms with Crippen molar-refractivity contribution in [3.8, 4) is 51.7 Å². The van der Waals surface area contributed by atoms with Gasteiger partial charge in [0.15, 0.2) is 64.3 Å². The second-order valence-electron chi connectivity index (χ2n) is 30.3. The Morgan fingerprint density at radius 3 is 1.04 bits per heavy atom. The highest BCUT2D eigenvalue weighted by molar-refractivity contribution is 6.04. The third kappa shape index (κ3) is 18.2. The molecule has 0 saturated heterocycles. The number of nitrogens with one attached hydrogen (secondary N) is 5. The number of aliphatic hydroxyl groups is 7. The van der Waals surface area contributed by atoms with Gasteiger partial charge in [0.2, 0.25) is 0 Å². The molecular formula is C97H99N5O25. The summed E-state index contributed by atoms with van der Waals surface area (Å²) in [5.74, 6) is -0.769. The monoisotopic (exact) mass is 1730 g/mol. The average molecular weight is 1730 g/mol. The minimum Gasteiger partial charge on any atom is -0.507 e. The van der Waals surface area contributed by atoms with Gasteiger partial charge < -0.3 is 121 Å². The van der Waals surface area contributed by atoms with Crippen LogP contribution < -0.4 is 50.3 Å². The first-order valence-electron chi connectivity index (χ1n) is 39.5. The molecule has 0 fully saturated rings. The molecule has 10 aromatic carbocycles. The highest BCUT2D eigenvalue weighted by atomic mass is 16.5. The lowest BCUT2D eigenvalue weighted by molar-refractivity contribution is -0.143. The van der Waals surface area contributed by atoms with E-state index in [9.17, 15) is 84.9 Å². The molecule has 5 aliphatic heterocycles. The second-order valence-corrected chi connectivity index (χ2v) is 30.3. The Labute approximate surface area is 731 Å². The number of hydrogen-bond donors (Lipinski definition) is 16. The van der Waals surface area contributed by atoms with Crippen molar-refractivity contribution < 1.29 is 123 Å². The van der Waals surface area contributed by atoms with Gasteiger partial charge in [-0.1, -0.05) is 127 Å². The van der Waals surface area contributed by atoms with Crippen molar-refractivity contribution in [1.29, 1.82) is 0 Å². The van der Waals surface area contributed by atoms with Gasteiger partial charge >= 0.3 is 0 Å². The van der Waals surface area contributed by atoms with Gasteiger partial charge in [-0.15, -0.1) is 0 Å². The number of anilines is 5. The van der Waals surface area contributed by atoms with Crippen molar-refractivity contribution in [3.63, 3.8) is 0 Å². The summed E-state index contributed by atoms with van der Waals surface area (Å²) in [6.07, 6.45) is 1.60. The van der Waals surface area contributed by atoms with Crippen LogP contribution in [-0.2, 0) is 77.4 Å². The smallest absolute Gasteiger partial charge is 0.257 e. The maximum Gasteiger partial charge on any atom is 0.257 e. The van der Waals surface area contributed by atoms with E-state index >= 15 is 0 Å². The Bertz CT molecular complexity index is 5720. The number of benzene rings is 10. The summed E-state index contributed by atoms with van der Waals surface area (Å²) in [6.45, 7) is 11.0. The van der Waals surface area contributed by atoms with E-state index in [0.717, 1.165) is 11.1 Å². The van der Waals surface area contributed by atoms with Crippen LogP contribution in [0.2, 0.25) is 0 Å². The van der Waals surface area contributed by atoms with Crippen LogP contribution in [0.25, 0.3) is 12.2 Å². The van der Waals surface area contributed by atoms with Gasteiger partial charge in [0.1, 0.15) is 51.7 Å². The number of ketones is 1. The van der Waals surface area contributed by atoms with Gasteiger partial charge in [0.05, 0.1) is 80.6 Å². The molecule has 0 unspecified atom stereocenters. The van der Waals surface area contributed by atoms with Gasteiger partial charge in [0, 0.05) is 43.7 Å². The van der Waals surface area contributed by atoms with E-state index in [1.165, 1.54) is 79.9 Å². The summed E-state index contributed by atoms with van der Waals surface area (Å²) >= 11 is 0. The summed E-state index contributed by atoms with van der Waals surface area (Å²) in [5, 5.41) is 134. The van der Waals surface area contributed by atoms with E-state index in [0.29, 0.717) is 96.7 Å². The fourth-order valence-corrected chi connectivity index (χ4v) is 15.7. The standard InChI is InChI=1S/C22H25NO5.C22H23NO5.C21H21NO6.C16H15NO5.C16H15NO4/c2*1-13(2)5-6-14-7-12-17-18(19(14)24)22(26,20(28-4)21(25)23-17)15-8-10-16(27-3)11-9-15;1-12(23)4-5-13-6-11-16-17(18(13)24)21(26,19(28-3)20(25)22-16)14-7-9-15(27-2)10-8-14;1-22-10-7-5-9(6-8-10)16(21)13-11(3-2-4-12(13)18)17-15(20)14(16)19;1-21-11-8-6-10(7-9-11)16(20)12-4-2-3-5-13(12)17-15(19)14(16)18/h5,7-12,20,24,26H,6H2,1-4H3,(H,23,25);5-12,20,24,26H,1H2,2-4H3,(H,23,25);4-11,19,24,26H,1-3H3,(H,22,25);2-8,14,18-19,21H,1H3,(H,17,20);2-9,14,18,20H,1H3,(H,17,19)/b;6-5+;5-4+;;/t20-,22-;20-,22+;19-,21+;2*14-,16+/m00011/s1. The Hall–Kier alpha value is -14.0. The zero-order valence-corrected chi connectivity index (χ0v) is 71.4. The molecule has 10 atom stereocenters. The maximum absolute atomic E-state index is 12.6. The number of aliphatic hydroxyl groups excluding tert-OH is 2. The third-order valence-corrected chi connectivity index (χ3v) is 22.1. The number of allylic oxidation sites excluding steroid dienone is 5. The molecule has 0 saturated carbocycles. The van der Waals surface area contributed by atoms with E-state index in [1.807, 2.05) is 26.8 Å². The van der Waals surface area contributed by atoms with E-state index in [4.69, 9.17) is 37.9 Å². The zero-order valence-electron chi connectivity index (χ0n) is 71.4. The van der Waals surface area contributed by atoms with Gasteiger partial charge in [-0.05, 0) is 189 Å². The molecule has 127 heavy (non-hydrogen) atoms. The molecule has 5 heterocycles. The highest BCUT2D eigenvalue weighted by Crippen LogP contribution is 2.53. The molecule has 0 radical (unpaired) electrons. The highest BCUT2D eigenvalue weighted by Gasteiger charge is 2.56. The molecule has 0 aromatic heterocycles. The summed E-state index contributed by atoms with van der Waals surface area (Å²) in [7, 11) is 11.7. The fourth-order valence-electron chi connectivity index (χ4n) is 15.7. The number of carbonyl (C=O) groups excluding carboxylic acids is 6. The Morgan fingerprint density at radius 1 is 0.362 bits per heavy atom. The second kappa shape index (κ2) is 39.0. The van der Waals surface area contributed by atoms with Gasteiger partial charge in [-0.2, -0.15) is 0 Å². The maximum atomic E-state index is 12.6. The first-order chi connectivity index (χ1) is 60.5. The van der Waals surface area contributed by atoms with Crippen molar-refractivity contribution in [2.45, 2.75) is 92.6 Å². The van der Waals surface area contributed by atoms with Crippen LogP contribution in [0, 0.1) is 0 Å². The number of carbonyl (C=O) groups is 6. The molecule has 16 N–H and O–H groups in total. The molecule has 5 amide bonds. The fraction of sp³-hybridized carbons (Fsp3) is 0.237. The topological polar surface area (TPSA) is 459 Å². The Morgan fingerprint density at radius 2 is 0.677 bits per heavy atom. The predicted molar refractivity (Wildman–Crippen MR) is 473 cm³/mol. The number of ether oxygens (including phenoxy) is 8. The van der Waals surface area contributed by atoms with Crippen LogP contribution >= 0.6 is 0 Å². The van der Waals surface area contributed by atoms with Crippen LogP contribution in [-0.4, -0.2) is 179 Å². The van der Waals surface area contributed by atoms with Crippen molar-refractivity contribution in [1.82, 2.24) is 0 Å². The lowest BCUT2D eigenvalue weighted by Gasteiger charge is -2.40. The van der Waals surface area contributed by atoms with E-state index < -0.39 is 88.1 Å². The van der Waals surface area contributed by atoms with E-state index in [2.05, 4.69) is 33.2 Å². The number of para-hydroxylation sites is 1. The van der Waals surface area contributed by atoms with Crippen LogP contribution in [0.4, 0.5) is 28.4 Å². The first-order valence-corrected chi connectivity index (χ1v) is 39.5. The molecule has 10 aromatic rings. The normalized spacial score (nSPS) is 22.1. The summed E-state index contributed by atoms with van der Waals surface area (Å²) in [5.41, 5.74) is -1.58. The van der Waals surface area contributed by atoms with Gasteiger partial charge in [-0.25, -0.2) is 0 Å². The number of methoxy groups -OCH3 is 8. The van der Waals surface area contributed by atoms with Gasteiger partial charge in [-0.3, -0.25) is 28.8 Å². The number of amides is 5. The molecule has 662 valence electrons. The van der Waals surface area contributed by atoms with Crippen LogP contribution in [0.3, 0.4) is 0 Å². The Balaban J connectivity index is 0.000000155. The molecule has 30 nitrogen and oxygen atoms in total. The van der Waals surface area contributed by atoms with Crippen molar-refractivity contribution in [2.24, 2.45) is 0 Å². The van der Waals surface area contributed by atoms with Gasteiger partial charge in [0.25, 0.3) is 29.5 Å². The van der Waals surface area contributed by atoms with Crippen LogP contribution in [0.1, 0.15) is 100 Å². The molecule has 0 bridgehead atoms. The number of aromatic hydroxyl groups is 4. The Kier molecular flexibility index (Phi) is 28.8. The number of phenolic OH excluding ortho intramolecular Hbond substituents is 4. The lowest BCUT2D eigenvalue weighted by Crippen LogP contribution is -2.52. The largest absolute Gasteiger partial charge is 0.507 e. The number of phenols is 4. The van der Waals surface area contributed by atoms with E-state index in [-0.39, 0.29) is 68.0 Å². The number of hydrogen-bond acceptors (Lipinski definition) is 25. The summed E-state index contributed by atoms with van der Waals surface area (Å²) in [6, 6.07) is 53.9. The van der Waals surface area contributed by atoms with Crippen LogP contribution in [0.5, 0.6) is 51.7 Å². The third-order valence-electron chi connectivity index (χ3n) is 22.1. The lowest BCUT2D eigenvalue weighted by atomic mass is 9.76. The summed E-state index contributed by atoms with van der Waals surface area (Å²) in [4.78, 5) is 72.9. The molecule has 5 aliphatic rings. The minimum atomic E-state index is -2.05. The molecule has 15 rings (SSSR count). The number of fused-ring (bicyclic) bond motifs is 5. The molecule has 0 spiro atoms. The molecule has 0 aliphatic carbocycles. The number of rotatable bonds is 19.